The van der Waals surface area contributed by atoms with Crippen LogP contribution in [-0.2, 0) is 7.05 Å². The van der Waals surface area contributed by atoms with Gasteiger partial charge in [0.2, 0.25) is 0 Å². The number of imidazole rings is 1. The average Bonchev–Trinajstić information content (AvgIpc) is 2.76. The zero-order chi connectivity index (χ0) is 13.1. The fourth-order valence-electron chi connectivity index (χ4n) is 1.87. The molecule has 0 spiro atoms. The minimum atomic E-state index is 0.144. The molecule has 1 atom stereocenters. The quantitative estimate of drug-likeness (QED) is 0.941. The van der Waals surface area contributed by atoms with Crippen LogP contribution in [0.4, 0.5) is 5.69 Å². The van der Waals surface area contributed by atoms with Crippen molar-refractivity contribution < 1.29 is 4.74 Å². The second kappa shape index (κ2) is 5.44. The first-order valence-electron chi connectivity index (χ1n) is 5.69. The molecule has 0 aliphatic heterocycles. The molecule has 4 nitrogen and oxygen atoms in total. The number of ether oxygens (including phenoxy) is 1. The number of aryl methyl sites for hydroxylation is 1. The van der Waals surface area contributed by atoms with Gasteiger partial charge < -0.3 is 14.6 Å². The van der Waals surface area contributed by atoms with Gasteiger partial charge in [0.25, 0.3) is 0 Å². The van der Waals surface area contributed by atoms with Crippen molar-refractivity contribution in [2.75, 3.05) is 12.4 Å². The van der Waals surface area contributed by atoms with Crippen LogP contribution in [0.1, 0.15) is 18.8 Å². The van der Waals surface area contributed by atoms with Gasteiger partial charge in [-0.2, -0.15) is 0 Å². The number of aromatic nitrogens is 2. The number of halogens is 1. The number of methoxy groups -OCH3 is 1. The summed E-state index contributed by atoms with van der Waals surface area (Å²) in [6, 6.07) is 6.06. The summed E-state index contributed by atoms with van der Waals surface area (Å²) in [6.45, 7) is 2.08. The van der Waals surface area contributed by atoms with Gasteiger partial charge in [-0.3, -0.25) is 0 Å². The average molecular weight is 310 g/mol. The van der Waals surface area contributed by atoms with Gasteiger partial charge in [0.05, 0.1) is 17.6 Å². The minimum absolute atomic E-state index is 0.144. The van der Waals surface area contributed by atoms with Crippen molar-refractivity contribution in [3.63, 3.8) is 0 Å². The molecule has 1 N–H and O–H groups in total. The highest BCUT2D eigenvalue weighted by molar-refractivity contribution is 9.10. The predicted octanol–water partition coefficient (Wildman–Crippen LogP) is 3.36. The Morgan fingerprint density at radius 3 is 2.78 bits per heavy atom. The predicted molar refractivity (Wildman–Crippen MR) is 75.9 cm³/mol. The van der Waals surface area contributed by atoms with E-state index in [0.717, 1.165) is 21.7 Å². The molecule has 0 fully saturated rings. The lowest BCUT2D eigenvalue weighted by Crippen LogP contribution is -2.11. The maximum atomic E-state index is 5.21. The highest BCUT2D eigenvalue weighted by Gasteiger charge is 2.10. The molecular formula is C13H16BrN3O. The van der Waals surface area contributed by atoms with Crippen molar-refractivity contribution in [3.05, 3.63) is 40.9 Å². The molecule has 1 aromatic carbocycles. The Balaban J connectivity index is 2.15. The van der Waals surface area contributed by atoms with Gasteiger partial charge in [-0.05, 0) is 41.1 Å². The first-order chi connectivity index (χ1) is 8.61. The Morgan fingerprint density at radius 2 is 2.22 bits per heavy atom. The Labute approximate surface area is 115 Å². The van der Waals surface area contributed by atoms with Crippen molar-refractivity contribution in [1.29, 1.82) is 0 Å². The Bertz CT molecular complexity index is 539. The first kappa shape index (κ1) is 13.0. The summed E-state index contributed by atoms with van der Waals surface area (Å²) in [5.74, 6) is 1.83. The Hall–Kier alpha value is -1.49. The Kier molecular flexibility index (Phi) is 3.91. The van der Waals surface area contributed by atoms with E-state index in [4.69, 9.17) is 4.74 Å². The second-order valence-corrected chi connectivity index (χ2v) is 4.97. The number of nitrogens with one attached hydrogen (secondary N) is 1. The first-order valence-corrected chi connectivity index (χ1v) is 6.48. The van der Waals surface area contributed by atoms with E-state index in [1.807, 2.05) is 36.0 Å². The van der Waals surface area contributed by atoms with Crippen LogP contribution < -0.4 is 10.1 Å². The largest absolute Gasteiger partial charge is 0.496 e. The number of anilines is 1. The molecule has 1 unspecified atom stereocenters. The second-order valence-electron chi connectivity index (χ2n) is 4.11. The van der Waals surface area contributed by atoms with E-state index in [9.17, 15) is 0 Å². The third-order valence-corrected chi connectivity index (χ3v) is 3.40. The van der Waals surface area contributed by atoms with Gasteiger partial charge in [0.1, 0.15) is 11.6 Å². The molecule has 0 aliphatic rings. The molecule has 0 saturated carbocycles. The summed E-state index contributed by atoms with van der Waals surface area (Å²) in [4.78, 5) is 4.33. The van der Waals surface area contributed by atoms with Crippen LogP contribution in [0.2, 0.25) is 0 Å². The fourth-order valence-corrected chi connectivity index (χ4v) is 2.41. The number of hydrogen-bond donors (Lipinski definition) is 1. The van der Waals surface area contributed by atoms with Crippen LogP contribution in [0, 0.1) is 0 Å². The molecule has 5 heteroatoms. The molecule has 96 valence electrons. The minimum Gasteiger partial charge on any atom is -0.496 e. The molecule has 0 saturated heterocycles. The highest BCUT2D eigenvalue weighted by atomic mass is 79.9. The van der Waals surface area contributed by atoms with Crippen LogP contribution in [0.3, 0.4) is 0 Å². The molecule has 1 heterocycles. The van der Waals surface area contributed by atoms with Crippen LogP contribution in [-0.4, -0.2) is 16.7 Å². The van der Waals surface area contributed by atoms with E-state index < -0.39 is 0 Å². The third-order valence-electron chi connectivity index (χ3n) is 2.78. The van der Waals surface area contributed by atoms with Crippen molar-refractivity contribution in [2.45, 2.75) is 13.0 Å². The van der Waals surface area contributed by atoms with E-state index in [2.05, 4.69) is 33.2 Å². The van der Waals surface area contributed by atoms with Crippen molar-refractivity contribution in [3.8, 4) is 5.75 Å². The number of benzene rings is 1. The summed E-state index contributed by atoms with van der Waals surface area (Å²) in [6.07, 6.45) is 3.74. The molecule has 0 radical (unpaired) electrons. The molecule has 0 bridgehead atoms. The summed E-state index contributed by atoms with van der Waals surface area (Å²) in [5, 5.41) is 3.41. The summed E-state index contributed by atoms with van der Waals surface area (Å²) < 4.78 is 8.15. The Morgan fingerprint density at radius 1 is 1.44 bits per heavy atom. The molecular weight excluding hydrogens is 294 g/mol. The standard InChI is InChI=1S/C13H16BrN3O/c1-9(13-15-6-7-17(13)2)16-10-4-5-12(18-3)11(14)8-10/h4-9,16H,1-3H3. The molecule has 1 aromatic heterocycles. The zero-order valence-electron chi connectivity index (χ0n) is 10.6. The lowest BCUT2D eigenvalue weighted by Gasteiger charge is -2.16. The van der Waals surface area contributed by atoms with Crippen LogP contribution in [0.25, 0.3) is 0 Å². The third kappa shape index (κ3) is 2.67. The van der Waals surface area contributed by atoms with Gasteiger partial charge >= 0.3 is 0 Å². The lowest BCUT2D eigenvalue weighted by atomic mass is 10.2. The van der Waals surface area contributed by atoms with E-state index in [1.54, 1.807) is 13.3 Å². The molecule has 0 amide bonds. The maximum absolute atomic E-state index is 5.21. The SMILES string of the molecule is COc1ccc(NC(C)c2nccn2C)cc1Br. The molecule has 0 aliphatic carbocycles. The van der Waals surface area contributed by atoms with Gasteiger partial charge in [-0.1, -0.05) is 0 Å². The van der Waals surface area contributed by atoms with Gasteiger partial charge in [-0.25, -0.2) is 4.98 Å². The number of hydrogen-bond acceptors (Lipinski definition) is 3. The van der Waals surface area contributed by atoms with Crippen LogP contribution >= 0.6 is 15.9 Å². The topological polar surface area (TPSA) is 39.1 Å². The van der Waals surface area contributed by atoms with E-state index >= 15 is 0 Å². The van der Waals surface area contributed by atoms with E-state index in [1.165, 1.54) is 0 Å². The van der Waals surface area contributed by atoms with Crippen LogP contribution in [0.15, 0.2) is 35.1 Å². The number of nitrogens with zero attached hydrogens (tertiary/aromatic N) is 2. The van der Waals surface area contributed by atoms with Gasteiger partial charge in [0, 0.05) is 25.1 Å². The summed E-state index contributed by atoms with van der Waals surface area (Å²) >= 11 is 3.47. The van der Waals surface area contributed by atoms with E-state index in [0.29, 0.717) is 0 Å². The van der Waals surface area contributed by atoms with Gasteiger partial charge in [-0.15, -0.1) is 0 Å². The highest BCUT2D eigenvalue weighted by Crippen LogP contribution is 2.29. The van der Waals surface area contributed by atoms with Gasteiger partial charge in [0.15, 0.2) is 0 Å². The van der Waals surface area contributed by atoms with E-state index in [-0.39, 0.29) is 6.04 Å². The monoisotopic (exact) mass is 309 g/mol. The molecule has 2 aromatic rings. The van der Waals surface area contributed by atoms with Crippen LogP contribution in [0.5, 0.6) is 5.75 Å². The smallest absolute Gasteiger partial charge is 0.133 e. The zero-order valence-corrected chi connectivity index (χ0v) is 12.2. The normalized spacial score (nSPS) is 12.2. The lowest BCUT2D eigenvalue weighted by molar-refractivity contribution is 0.412. The number of rotatable bonds is 4. The van der Waals surface area contributed by atoms with Crippen molar-refractivity contribution >= 4 is 21.6 Å². The summed E-state index contributed by atoms with van der Waals surface area (Å²) in [7, 11) is 3.65. The molecule has 18 heavy (non-hydrogen) atoms. The van der Waals surface area contributed by atoms with Crippen molar-refractivity contribution in [1.82, 2.24) is 9.55 Å². The summed E-state index contributed by atoms with van der Waals surface area (Å²) in [5.41, 5.74) is 1.03. The van der Waals surface area contributed by atoms with Crippen molar-refractivity contribution in [2.24, 2.45) is 7.05 Å². The fraction of sp³-hybridized carbons (Fsp3) is 0.308. The maximum Gasteiger partial charge on any atom is 0.133 e. The molecule has 2 rings (SSSR count).